The van der Waals surface area contributed by atoms with Crippen molar-refractivity contribution in [3.63, 3.8) is 0 Å². The molecule has 0 saturated carbocycles. The van der Waals surface area contributed by atoms with E-state index in [1.54, 1.807) is 55.9 Å². The van der Waals surface area contributed by atoms with E-state index in [1.807, 2.05) is 60.4 Å². The number of ether oxygens (including phenoxy) is 1. The van der Waals surface area contributed by atoms with Gasteiger partial charge in [-0.05, 0) is 54.5 Å². The number of hydrogen-bond donors (Lipinski definition) is 1. The molecular formula is C34H27N3O4. The van der Waals surface area contributed by atoms with E-state index in [2.05, 4.69) is 16.4 Å². The van der Waals surface area contributed by atoms with Crippen molar-refractivity contribution < 1.29 is 19.1 Å². The third kappa shape index (κ3) is 3.45. The number of allylic oxidation sites excluding steroid dienone is 1. The lowest BCUT2D eigenvalue weighted by molar-refractivity contribution is -0.121. The van der Waals surface area contributed by atoms with Gasteiger partial charge in [-0.15, -0.1) is 0 Å². The molecule has 0 aliphatic carbocycles. The Morgan fingerprint density at radius 3 is 2.46 bits per heavy atom. The highest BCUT2D eigenvalue weighted by atomic mass is 16.5. The summed E-state index contributed by atoms with van der Waals surface area (Å²) in [5, 5.41) is 3.07. The second-order valence-electron chi connectivity index (χ2n) is 10.7. The molecule has 7 nitrogen and oxygen atoms in total. The molecule has 202 valence electrons. The Morgan fingerprint density at radius 2 is 1.66 bits per heavy atom. The van der Waals surface area contributed by atoms with Crippen molar-refractivity contribution in [1.82, 2.24) is 4.98 Å². The zero-order valence-electron chi connectivity index (χ0n) is 22.6. The fraction of sp³-hybridized carbons (Fsp3) is 0.176. The molecule has 1 spiro atoms. The molecular weight excluding hydrogens is 514 g/mol. The quantitative estimate of drug-likeness (QED) is 0.344. The van der Waals surface area contributed by atoms with Crippen molar-refractivity contribution in [2.24, 2.45) is 5.92 Å². The summed E-state index contributed by atoms with van der Waals surface area (Å²) in [5.41, 5.74) is 3.60. The van der Waals surface area contributed by atoms with E-state index in [-0.39, 0.29) is 17.5 Å². The molecule has 41 heavy (non-hydrogen) atoms. The van der Waals surface area contributed by atoms with Crippen molar-refractivity contribution in [3.8, 4) is 5.75 Å². The summed E-state index contributed by atoms with van der Waals surface area (Å²) in [4.78, 5) is 50.0. The Kier molecular flexibility index (Phi) is 5.64. The first-order chi connectivity index (χ1) is 20.0. The van der Waals surface area contributed by atoms with Gasteiger partial charge in [0.1, 0.15) is 17.2 Å². The highest BCUT2D eigenvalue weighted by Gasteiger charge is 2.70. The van der Waals surface area contributed by atoms with E-state index < -0.39 is 23.4 Å². The lowest BCUT2D eigenvalue weighted by Crippen LogP contribution is -2.51. The number of hydrogen-bond acceptors (Lipinski definition) is 6. The van der Waals surface area contributed by atoms with E-state index in [1.165, 1.54) is 0 Å². The Balaban J connectivity index is 1.55. The van der Waals surface area contributed by atoms with Gasteiger partial charge in [0, 0.05) is 40.5 Å². The van der Waals surface area contributed by atoms with E-state index in [0.29, 0.717) is 22.6 Å². The molecule has 3 aliphatic heterocycles. The first-order valence-electron chi connectivity index (χ1n) is 13.6. The number of carbonyl (C=O) groups excluding carboxylic acids is 3. The van der Waals surface area contributed by atoms with Crippen LogP contribution in [0.3, 0.4) is 0 Å². The molecule has 4 aromatic rings. The van der Waals surface area contributed by atoms with Gasteiger partial charge in [0.2, 0.25) is 5.91 Å². The van der Waals surface area contributed by atoms with Crippen LogP contribution in [0.15, 0.2) is 103 Å². The number of nitrogens with zero attached hydrogens (tertiary/aromatic N) is 2. The predicted molar refractivity (Wildman–Crippen MR) is 156 cm³/mol. The lowest BCUT2D eigenvalue weighted by Gasteiger charge is -2.39. The minimum Gasteiger partial charge on any atom is -0.497 e. The molecule has 7 heteroatoms. The van der Waals surface area contributed by atoms with Gasteiger partial charge in [0.25, 0.3) is 0 Å². The van der Waals surface area contributed by atoms with Gasteiger partial charge in [-0.1, -0.05) is 54.6 Å². The summed E-state index contributed by atoms with van der Waals surface area (Å²) < 4.78 is 5.43. The predicted octanol–water partition coefficient (Wildman–Crippen LogP) is 5.34. The molecule has 1 aromatic heterocycles. The number of benzene rings is 3. The zero-order chi connectivity index (χ0) is 28.3. The average Bonchev–Trinajstić information content (AvgIpc) is 3.49. The molecule has 7 rings (SSSR count). The molecule has 4 atom stereocenters. The molecule has 1 amide bonds. The average molecular weight is 542 g/mol. The van der Waals surface area contributed by atoms with Crippen molar-refractivity contribution in [1.29, 1.82) is 0 Å². The minimum absolute atomic E-state index is 0.252. The highest BCUT2D eigenvalue weighted by molar-refractivity contribution is 6.18. The van der Waals surface area contributed by atoms with Crippen LogP contribution in [0.2, 0.25) is 0 Å². The molecule has 1 N–H and O–H groups in total. The van der Waals surface area contributed by atoms with Crippen molar-refractivity contribution in [3.05, 3.63) is 126 Å². The van der Waals surface area contributed by atoms with Gasteiger partial charge >= 0.3 is 0 Å². The van der Waals surface area contributed by atoms with Crippen LogP contribution in [0.5, 0.6) is 5.75 Å². The van der Waals surface area contributed by atoms with Crippen LogP contribution in [-0.2, 0) is 10.2 Å². The molecule has 3 aromatic carbocycles. The number of ketones is 2. The summed E-state index contributed by atoms with van der Waals surface area (Å²) in [5.74, 6) is -1.31. The zero-order valence-corrected chi connectivity index (χ0v) is 22.6. The number of rotatable bonds is 5. The molecule has 0 unspecified atom stereocenters. The van der Waals surface area contributed by atoms with Gasteiger partial charge < -0.3 is 15.0 Å². The van der Waals surface area contributed by atoms with Crippen LogP contribution in [0.4, 0.5) is 11.4 Å². The Labute approximate surface area is 237 Å². The van der Waals surface area contributed by atoms with Gasteiger partial charge in [0.05, 0.1) is 19.1 Å². The number of nitrogens with one attached hydrogen (secondary N) is 1. The Hall–Kier alpha value is -5.04. The summed E-state index contributed by atoms with van der Waals surface area (Å²) in [6, 6.07) is 24.1. The van der Waals surface area contributed by atoms with E-state index in [0.717, 1.165) is 22.4 Å². The largest absolute Gasteiger partial charge is 0.497 e. The fourth-order valence-electron chi connectivity index (χ4n) is 7.03. The van der Waals surface area contributed by atoms with Crippen LogP contribution < -0.4 is 15.0 Å². The Bertz CT molecular complexity index is 1760. The van der Waals surface area contributed by atoms with Crippen LogP contribution >= 0.6 is 0 Å². The molecule has 0 radical (unpaired) electrons. The number of aromatic nitrogens is 1. The van der Waals surface area contributed by atoms with E-state index >= 15 is 0 Å². The second-order valence-corrected chi connectivity index (χ2v) is 10.7. The van der Waals surface area contributed by atoms with Crippen LogP contribution in [0.1, 0.15) is 38.8 Å². The van der Waals surface area contributed by atoms with Crippen LogP contribution in [-0.4, -0.2) is 41.7 Å². The number of carbonyl (C=O) groups is 3. The monoisotopic (exact) mass is 541 g/mol. The number of anilines is 2. The maximum atomic E-state index is 14.8. The van der Waals surface area contributed by atoms with Crippen LogP contribution in [0.25, 0.3) is 5.57 Å². The number of fused-ring (bicyclic) bond motifs is 6. The smallest absolute Gasteiger partial charge is 0.238 e. The topological polar surface area (TPSA) is 88.6 Å². The maximum absolute atomic E-state index is 14.8. The van der Waals surface area contributed by atoms with Crippen molar-refractivity contribution in [2.75, 3.05) is 17.3 Å². The summed E-state index contributed by atoms with van der Waals surface area (Å²) in [6.07, 6.45) is 5.17. The SMILES string of the molecule is COc1cccc(C(=O)[C@H]2[C@@H](C(=O)c3ccncc3)[C@@]3(C(=O)Nc4ccccc43)[C@H]3C=C(C)c4ccccc4N23)c1. The normalized spacial score (nSPS) is 23.8. The number of para-hydroxylation sites is 2. The first-order valence-corrected chi connectivity index (χ1v) is 13.6. The number of Topliss-reactive ketones (excluding diaryl/α,β-unsaturated/α-hetero) is 2. The highest BCUT2D eigenvalue weighted by Crippen LogP contribution is 2.58. The Morgan fingerprint density at radius 1 is 0.902 bits per heavy atom. The molecule has 1 fully saturated rings. The van der Waals surface area contributed by atoms with Gasteiger partial charge in [-0.25, -0.2) is 0 Å². The number of methoxy groups -OCH3 is 1. The number of pyridine rings is 1. The molecule has 0 bridgehead atoms. The number of amides is 1. The van der Waals surface area contributed by atoms with Crippen molar-refractivity contribution in [2.45, 2.75) is 24.4 Å². The summed E-state index contributed by atoms with van der Waals surface area (Å²) in [7, 11) is 1.55. The van der Waals surface area contributed by atoms with Crippen LogP contribution in [0, 0.1) is 5.92 Å². The third-order valence-corrected chi connectivity index (χ3v) is 8.75. The first kappa shape index (κ1) is 25.0. The maximum Gasteiger partial charge on any atom is 0.238 e. The van der Waals surface area contributed by atoms with E-state index in [4.69, 9.17) is 4.74 Å². The summed E-state index contributed by atoms with van der Waals surface area (Å²) in [6.45, 7) is 2.01. The molecule has 3 aliphatic rings. The van der Waals surface area contributed by atoms with E-state index in [9.17, 15) is 14.4 Å². The van der Waals surface area contributed by atoms with Crippen molar-refractivity contribution >= 4 is 34.4 Å². The standard InChI is InChI=1S/C34H27N3O4/c1-20-18-28-34(25-11-4-5-12-26(25)36-33(34)40)29(31(38)21-14-16-35-17-15-21)30(37(28)27-13-6-3-10-24(20)27)32(39)22-8-7-9-23(19-22)41-2/h3-19,28-30H,1-2H3,(H,36,40)/t28-,29+,30-,34+/m1/s1. The van der Waals surface area contributed by atoms with Gasteiger partial charge in [-0.2, -0.15) is 0 Å². The fourth-order valence-corrected chi connectivity index (χ4v) is 7.03. The summed E-state index contributed by atoms with van der Waals surface area (Å²) >= 11 is 0. The minimum atomic E-state index is -1.36. The molecule has 1 saturated heterocycles. The third-order valence-electron chi connectivity index (χ3n) is 8.75. The van der Waals surface area contributed by atoms with Gasteiger partial charge in [0.15, 0.2) is 11.6 Å². The van der Waals surface area contributed by atoms with Gasteiger partial charge in [-0.3, -0.25) is 19.4 Å². The lowest BCUT2D eigenvalue weighted by atomic mass is 9.64. The molecule has 4 heterocycles. The second kappa shape index (κ2) is 9.27.